The second-order valence-electron chi connectivity index (χ2n) is 20.7. The molecule has 1 aromatic heterocycles. The summed E-state index contributed by atoms with van der Waals surface area (Å²) < 4.78 is 2.45. The molecule has 79 heavy (non-hydrogen) atoms. The van der Waals surface area contributed by atoms with Crippen LogP contribution in [0.1, 0.15) is 11.1 Å². The number of hydrogen-bond donors (Lipinski definition) is 0. The lowest BCUT2D eigenvalue weighted by Gasteiger charge is -2.26. The molecule has 0 fully saturated rings. The minimum Gasteiger partial charge on any atom is -0.310 e. The van der Waals surface area contributed by atoms with Gasteiger partial charge in [-0.25, -0.2) is 0 Å². The molecule has 0 N–H and O–H groups in total. The van der Waals surface area contributed by atoms with Crippen molar-refractivity contribution in [3.8, 4) is 50.2 Å². The maximum Gasteiger partial charge on any atom is 0.0541 e. The first-order valence-electron chi connectivity index (χ1n) is 27.2. The first-order chi connectivity index (χ1) is 39.0. The van der Waals surface area contributed by atoms with E-state index in [-0.39, 0.29) is 0 Å². The van der Waals surface area contributed by atoms with Crippen LogP contribution in [0.15, 0.2) is 297 Å². The Hall–Kier alpha value is -10.2. The van der Waals surface area contributed by atoms with Crippen LogP contribution in [-0.2, 0) is 0 Å². The van der Waals surface area contributed by atoms with Crippen LogP contribution in [0.2, 0.25) is 0 Å². The van der Waals surface area contributed by atoms with Gasteiger partial charge in [-0.1, -0.05) is 188 Å². The first kappa shape index (κ1) is 47.2. The van der Waals surface area contributed by atoms with Crippen LogP contribution in [0.5, 0.6) is 0 Å². The Morgan fingerprint density at radius 2 is 0.557 bits per heavy atom. The van der Waals surface area contributed by atoms with Gasteiger partial charge in [0.1, 0.15) is 0 Å². The minimum atomic E-state index is 1.11. The quantitative estimate of drug-likeness (QED) is 0.120. The van der Waals surface area contributed by atoms with Gasteiger partial charge in [0.15, 0.2) is 0 Å². The average Bonchev–Trinajstić information content (AvgIpc) is 3.96. The molecule has 0 bridgehead atoms. The topological polar surface area (TPSA) is 11.4 Å². The zero-order valence-electron chi connectivity index (χ0n) is 44.1. The van der Waals surface area contributed by atoms with Crippen LogP contribution >= 0.6 is 0 Å². The highest BCUT2D eigenvalue weighted by molar-refractivity contribution is 6.21. The van der Waals surface area contributed by atoms with Crippen molar-refractivity contribution in [1.29, 1.82) is 0 Å². The van der Waals surface area contributed by atoms with Crippen LogP contribution in [0, 0.1) is 13.8 Å². The molecular weight excluding hydrogens is 955 g/mol. The van der Waals surface area contributed by atoms with E-state index in [1.807, 2.05) is 0 Å². The lowest BCUT2D eigenvalue weighted by Crippen LogP contribution is -2.09. The molecule has 0 aliphatic heterocycles. The van der Waals surface area contributed by atoms with Crippen LogP contribution < -0.4 is 9.80 Å². The Kier molecular flexibility index (Phi) is 12.0. The van der Waals surface area contributed by atoms with E-state index in [0.717, 1.165) is 62.0 Å². The monoisotopic (exact) mass is 1010 g/mol. The fourth-order valence-corrected chi connectivity index (χ4v) is 12.0. The van der Waals surface area contributed by atoms with E-state index in [1.54, 1.807) is 0 Å². The number of hydrogen-bond acceptors (Lipinski definition) is 2. The van der Waals surface area contributed by atoms with Gasteiger partial charge in [0, 0.05) is 50.6 Å². The molecule has 0 radical (unpaired) electrons. The predicted molar refractivity (Wildman–Crippen MR) is 336 cm³/mol. The van der Waals surface area contributed by atoms with Crippen molar-refractivity contribution in [3.63, 3.8) is 0 Å². The van der Waals surface area contributed by atoms with Gasteiger partial charge in [0.05, 0.1) is 11.0 Å². The van der Waals surface area contributed by atoms with Gasteiger partial charge in [0.25, 0.3) is 0 Å². The first-order valence-corrected chi connectivity index (χ1v) is 27.2. The number of aromatic nitrogens is 1. The van der Waals surface area contributed by atoms with Gasteiger partial charge in [-0.05, 0) is 200 Å². The third-order valence-electron chi connectivity index (χ3n) is 15.6. The van der Waals surface area contributed by atoms with Crippen molar-refractivity contribution >= 4 is 77.5 Å². The van der Waals surface area contributed by atoms with E-state index in [0.29, 0.717) is 0 Å². The van der Waals surface area contributed by atoms with Crippen molar-refractivity contribution in [2.75, 3.05) is 9.80 Å². The van der Waals surface area contributed by atoms with Gasteiger partial charge in [-0.2, -0.15) is 0 Å². The number of nitrogens with zero attached hydrogens (tertiary/aromatic N) is 3. The molecule has 374 valence electrons. The normalized spacial score (nSPS) is 11.4. The van der Waals surface area contributed by atoms with Gasteiger partial charge in [0.2, 0.25) is 0 Å². The zero-order chi connectivity index (χ0) is 52.8. The summed E-state index contributed by atoms with van der Waals surface area (Å²) in [7, 11) is 0. The fraction of sp³-hybridized carbons (Fsp3) is 0.0263. The highest BCUT2D eigenvalue weighted by Gasteiger charge is 2.20. The standard InChI is InChI=1S/C76H55N3/c1-52-18-16-26-65(48-52)77(60-22-8-4-9-23-60)62-40-32-54(33-41-62)58-38-46-73-71(50-58)72-51-59(55-34-42-63(43-35-55)78(61-24-10-5-11-25-61)66-27-17-19-53(2)49-66)39-47-74(72)79(73)64-44-36-57(37-45-64)76-69-30-14-12-28-67(69)75(56-20-6-3-7-21-56)68-29-13-15-31-70(68)76/h3-51H,1-2H3. The second kappa shape index (κ2) is 20.1. The summed E-state index contributed by atoms with van der Waals surface area (Å²) in [5.74, 6) is 0. The summed E-state index contributed by atoms with van der Waals surface area (Å²) in [6.07, 6.45) is 0. The van der Waals surface area contributed by atoms with Crippen molar-refractivity contribution in [2.24, 2.45) is 0 Å². The van der Waals surface area contributed by atoms with E-state index < -0.39 is 0 Å². The Labute approximate surface area is 461 Å². The van der Waals surface area contributed by atoms with E-state index in [1.165, 1.54) is 76.8 Å². The Morgan fingerprint density at radius 1 is 0.228 bits per heavy atom. The van der Waals surface area contributed by atoms with Crippen LogP contribution in [0.25, 0.3) is 93.5 Å². The van der Waals surface area contributed by atoms with Crippen LogP contribution in [-0.4, -0.2) is 4.57 Å². The van der Waals surface area contributed by atoms with E-state index in [9.17, 15) is 0 Å². The molecule has 0 aliphatic carbocycles. The van der Waals surface area contributed by atoms with Gasteiger partial charge in [-0.3, -0.25) is 0 Å². The summed E-state index contributed by atoms with van der Waals surface area (Å²) in [4.78, 5) is 4.67. The number of anilines is 6. The Morgan fingerprint density at radius 3 is 0.962 bits per heavy atom. The number of para-hydroxylation sites is 2. The van der Waals surface area contributed by atoms with Gasteiger partial charge < -0.3 is 14.4 Å². The molecule has 0 atom stereocenters. The average molecular weight is 1010 g/mol. The molecule has 0 aliphatic rings. The molecule has 0 amide bonds. The third-order valence-corrected chi connectivity index (χ3v) is 15.6. The van der Waals surface area contributed by atoms with Crippen molar-refractivity contribution in [1.82, 2.24) is 4.57 Å². The summed E-state index contributed by atoms with van der Waals surface area (Å²) in [6.45, 7) is 4.30. The molecule has 0 spiro atoms. The van der Waals surface area contributed by atoms with Gasteiger partial charge >= 0.3 is 0 Å². The zero-order valence-corrected chi connectivity index (χ0v) is 44.1. The molecule has 0 saturated carbocycles. The lowest BCUT2D eigenvalue weighted by atomic mass is 9.86. The smallest absolute Gasteiger partial charge is 0.0541 e. The van der Waals surface area contributed by atoms with Crippen molar-refractivity contribution < 1.29 is 0 Å². The molecule has 3 heteroatoms. The molecule has 0 saturated heterocycles. The SMILES string of the molecule is Cc1cccc(N(c2ccccc2)c2ccc(-c3ccc4c(c3)c3cc(-c5ccc(N(c6ccccc6)c6cccc(C)c6)cc5)ccc3n4-c3ccc(-c4c5ccccc5c(-c5ccccc5)c5ccccc45)cc3)cc2)c1. The largest absolute Gasteiger partial charge is 0.310 e. The third kappa shape index (κ3) is 8.68. The number of aryl methyl sites for hydroxylation is 2. The number of rotatable bonds is 11. The summed E-state index contributed by atoms with van der Waals surface area (Å²) >= 11 is 0. The summed E-state index contributed by atoms with van der Waals surface area (Å²) in [6, 6.07) is 109. The molecule has 14 rings (SSSR count). The Balaban J connectivity index is 0.892. The molecule has 0 unspecified atom stereocenters. The van der Waals surface area contributed by atoms with Crippen LogP contribution in [0.3, 0.4) is 0 Å². The summed E-state index contributed by atoms with van der Waals surface area (Å²) in [5.41, 5.74) is 22.2. The van der Waals surface area contributed by atoms with Crippen LogP contribution in [0.4, 0.5) is 34.1 Å². The molecule has 1 heterocycles. The fourth-order valence-electron chi connectivity index (χ4n) is 12.0. The Bertz CT molecular complexity index is 4280. The minimum absolute atomic E-state index is 1.11. The summed E-state index contributed by atoms with van der Waals surface area (Å²) in [5, 5.41) is 7.41. The number of fused-ring (bicyclic) bond motifs is 5. The number of benzene rings is 13. The molecular formula is C76H55N3. The van der Waals surface area contributed by atoms with E-state index in [4.69, 9.17) is 0 Å². The highest BCUT2D eigenvalue weighted by Crippen LogP contribution is 2.45. The predicted octanol–water partition coefficient (Wildman–Crippen LogP) is 21.3. The second-order valence-corrected chi connectivity index (χ2v) is 20.7. The molecule has 3 nitrogen and oxygen atoms in total. The maximum atomic E-state index is 2.45. The van der Waals surface area contributed by atoms with Crippen molar-refractivity contribution in [2.45, 2.75) is 13.8 Å². The van der Waals surface area contributed by atoms with E-state index in [2.05, 4.69) is 325 Å². The van der Waals surface area contributed by atoms with E-state index >= 15 is 0 Å². The molecule has 14 aromatic rings. The lowest BCUT2D eigenvalue weighted by molar-refractivity contribution is 1.18. The van der Waals surface area contributed by atoms with Crippen molar-refractivity contribution in [3.05, 3.63) is 308 Å². The highest BCUT2D eigenvalue weighted by atomic mass is 15.1. The maximum absolute atomic E-state index is 2.45. The molecule has 13 aromatic carbocycles. The van der Waals surface area contributed by atoms with Gasteiger partial charge in [-0.15, -0.1) is 0 Å².